The molecule has 2 heterocycles. The third kappa shape index (κ3) is 3.94. The van der Waals surface area contributed by atoms with Crippen molar-refractivity contribution < 1.29 is 9.21 Å². The highest BCUT2D eigenvalue weighted by atomic mass is 16.3. The summed E-state index contributed by atoms with van der Waals surface area (Å²) in [7, 11) is 0. The van der Waals surface area contributed by atoms with Crippen LogP contribution in [0.1, 0.15) is 26.8 Å². The van der Waals surface area contributed by atoms with Gasteiger partial charge in [0.25, 0.3) is 5.56 Å². The Labute approximate surface area is 128 Å². The Morgan fingerprint density at radius 1 is 1.41 bits per heavy atom. The molecule has 0 saturated carbocycles. The average Bonchev–Trinajstić information content (AvgIpc) is 2.98. The maximum absolute atomic E-state index is 12.0. The molecule has 0 fully saturated rings. The molecule has 1 N–H and O–H groups in total. The zero-order valence-electron chi connectivity index (χ0n) is 12.9. The molecule has 22 heavy (non-hydrogen) atoms. The van der Waals surface area contributed by atoms with Crippen molar-refractivity contribution in [2.24, 2.45) is 0 Å². The highest BCUT2D eigenvalue weighted by molar-refractivity contribution is 5.88. The third-order valence-electron chi connectivity index (χ3n) is 3.01. The van der Waals surface area contributed by atoms with Crippen LogP contribution in [0.15, 0.2) is 51.4 Å². The van der Waals surface area contributed by atoms with E-state index in [2.05, 4.69) is 10.4 Å². The first-order valence-electron chi connectivity index (χ1n) is 7.04. The van der Waals surface area contributed by atoms with E-state index in [0.717, 1.165) is 5.57 Å². The summed E-state index contributed by atoms with van der Waals surface area (Å²) in [5.74, 6) is 0.414. The van der Waals surface area contributed by atoms with Gasteiger partial charge in [0.2, 0.25) is 5.91 Å². The highest BCUT2D eigenvalue weighted by Gasteiger charge is 2.11. The lowest BCUT2D eigenvalue weighted by molar-refractivity contribution is -0.116. The fourth-order valence-electron chi connectivity index (χ4n) is 1.94. The van der Waals surface area contributed by atoms with Gasteiger partial charge in [-0.25, -0.2) is 4.68 Å². The van der Waals surface area contributed by atoms with E-state index in [4.69, 9.17) is 4.42 Å². The van der Waals surface area contributed by atoms with Crippen molar-refractivity contribution in [1.29, 1.82) is 0 Å². The molecule has 1 atom stereocenters. The van der Waals surface area contributed by atoms with Crippen LogP contribution in [0.5, 0.6) is 0 Å². The first-order valence-corrected chi connectivity index (χ1v) is 7.04. The molecule has 116 valence electrons. The summed E-state index contributed by atoms with van der Waals surface area (Å²) in [6.45, 7) is 5.84. The zero-order chi connectivity index (χ0) is 16.1. The van der Waals surface area contributed by atoms with Gasteiger partial charge in [-0.3, -0.25) is 9.59 Å². The Hall–Kier alpha value is -2.63. The van der Waals surface area contributed by atoms with Crippen LogP contribution < -0.4 is 10.9 Å². The summed E-state index contributed by atoms with van der Waals surface area (Å²) < 4.78 is 6.63. The number of hydrogen-bond donors (Lipinski definition) is 1. The zero-order valence-corrected chi connectivity index (χ0v) is 12.9. The molecular formula is C16H19N3O3. The van der Waals surface area contributed by atoms with E-state index in [9.17, 15) is 9.59 Å². The SMILES string of the molecule is CC(C)=CC(=O)NCC(C)n1nc(-c2ccco2)ccc1=O. The number of furan rings is 1. The molecule has 0 aliphatic rings. The lowest BCUT2D eigenvalue weighted by Gasteiger charge is -2.14. The number of hydrogen-bond acceptors (Lipinski definition) is 4. The van der Waals surface area contributed by atoms with Gasteiger partial charge in [-0.2, -0.15) is 5.10 Å². The molecule has 6 heteroatoms. The molecule has 1 amide bonds. The minimum absolute atomic E-state index is 0.179. The van der Waals surface area contributed by atoms with E-state index in [0.29, 0.717) is 18.0 Å². The summed E-state index contributed by atoms with van der Waals surface area (Å²) in [5, 5.41) is 7.05. The van der Waals surface area contributed by atoms with Crippen molar-refractivity contribution >= 4 is 5.91 Å². The predicted molar refractivity (Wildman–Crippen MR) is 83.4 cm³/mol. The van der Waals surface area contributed by atoms with Crippen LogP contribution in [0.25, 0.3) is 11.5 Å². The quantitative estimate of drug-likeness (QED) is 0.858. The largest absolute Gasteiger partial charge is 0.463 e. The van der Waals surface area contributed by atoms with Gasteiger partial charge in [-0.15, -0.1) is 0 Å². The number of carbonyl (C=O) groups is 1. The van der Waals surface area contributed by atoms with Gasteiger partial charge in [0.15, 0.2) is 5.76 Å². The molecule has 0 radical (unpaired) electrons. The van der Waals surface area contributed by atoms with Crippen molar-refractivity contribution in [1.82, 2.24) is 15.1 Å². The minimum Gasteiger partial charge on any atom is -0.463 e. The van der Waals surface area contributed by atoms with E-state index in [1.165, 1.54) is 16.8 Å². The Kier molecular flexibility index (Phi) is 4.93. The molecule has 6 nitrogen and oxygen atoms in total. The second-order valence-electron chi connectivity index (χ2n) is 5.29. The van der Waals surface area contributed by atoms with E-state index in [1.807, 2.05) is 20.8 Å². The molecule has 2 rings (SSSR count). The highest BCUT2D eigenvalue weighted by Crippen LogP contribution is 2.15. The molecule has 0 aromatic carbocycles. The standard InChI is InChI=1S/C16H19N3O3/c1-11(2)9-15(20)17-10-12(3)19-16(21)7-6-13(18-19)14-5-4-8-22-14/h4-9,12H,10H2,1-3H3,(H,17,20). The predicted octanol–water partition coefficient (Wildman–Crippen LogP) is 2.15. The first-order chi connectivity index (χ1) is 10.5. The maximum Gasteiger partial charge on any atom is 0.267 e. The van der Waals surface area contributed by atoms with Crippen LogP contribution in [0, 0.1) is 0 Å². The minimum atomic E-state index is -0.267. The summed E-state index contributed by atoms with van der Waals surface area (Å²) in [6.07, 6.45) is 3.07. The van der Waals surface area contributed by atoms with E-state index in [-0.39, 0.29) is 17.5 Å². The van der Waals surface area contributed by atoms with Crippen molar-refractivity contribution in [3.05, 3.63) is 52.5 Å². The van der Waals surface area contributed by atoms with Crippen molar-refractivity contribution in [2.75, 3.05) is 6.54 Å². The van der Waals surface area contributed by atoms with Gasteiger partial charge in [-0.05, 0) is 39.0 Å². The summed E-state index contributed by atoms with van der Waals surface area (Å²) in [4.78, 5) is 23.6. The number of nitrogens with one attached hydrogen (secondary N) is 1. The van der Waals surface area contributed by atoms with Crippen molar-refractivity contribution in [3.63, 3.8) is 0 Å². The molecule has 0 aliphatic heterocycles. The van der Waals surface area contributed by atoms with Crippen LogP contribution in [-0.4, -0.2) is 22.2 Å². The van der Waals surface area contributed by atoms with Crippen LogP contribution in [0.4, 0.5) is 0 Å². The van der Waals surface area contributed by atoms with Crippen molar-refractivity contribution in [2.45, 2.75) is 26.8 Å². The molecule has 0 aliphatic carbocycles. The monoisotopic (exact) mass is 301 g/mol. The van der Waals surface area contributed by atoms with Crippen LogP contribution in [0.2, 0.25) is 0 Å². The second kappa shape index (κ2) is 6.89. The second-order valence-corrected chi connectivity index (χ2v) is 5.29. The fourth-order valence-corrected chi connectivity index (χ4v) is 1.94. The number of nitrogens with zero attached hydrogens (tertiary/aromatic N) is 2. The van der Waals surface area contributed by atoms with Crippen LogP contribution in [-0.2, 0) is 4.79 Å². The Morgan fingerprint density at radius 3 is 2.82 bits per heavy atom. The topological polar surface area (TPSA) is 77.1 Å². The lowest BCUT2D eigenvalue weighted by atomic mass is 10.3. The summed E-state index contributed by atoms with van der Waals surface area (Å²) in [6, 6.07) is 6.33. The smallest absolute Gasteiger partial charge is 0.267 e. The van der Waals surface area contributed by atoms with Gasteiger partial charge in [0.05, 0.1) is 12.3 Å². The van der Waals surface area contributed by atoms with Crippen LogP contribution >= 0.6 is 0 Å². The molecule has 0 bridgehead atoms. The number of aromatic nitrogens is 2. The molecular weight excluding hydrogens is 282 g/mol. The van der Waals surface area contributed by atoms with Crippen molar-refractivity contribution in [3.8, 4) is 11.5 Å². The average molecular weight is 301 g/mol. The van der Waals surface area contributed by atoms with Gasteiger partial charge < -0.3 is 9.73 Å². The molecule has 2 aromatic heterocycles. The Balaban J connectivity index is 2.14. The normalized spacial score (nSPS) is 11.8. The van der Waals surface area contributed by atoms with Gasteiger partial charge >= 0.3 is 0 Å². The lowest BCUT2D eigenvalue weighted by Crippen LogP contribution is -2.34. The Bertz CT molecular complexity index is 725. The maximum atomic E-state index is 12.0. The summed E-state index contributed by atoms with van der Waals surface area (Å²) >= 11 is 0. The van der Waals surface area contributed by atoms with Gasteiger partial charge in [-0.1, -0.05) is 5.57 Å². The summed E-state index contributed by atoms with van der Waals surface area (Å²) in [5.41, 5.74) is 1.27. The van der Waals surface area contributed by atoms with Gasteiger partial charge in [0.1, 0.15) is 5.69 Å². The molecule has 1 unspecified atom stereocenters. The fraction of sp³-hybridized carbons (Fsp3) is 0.312. The first kappa shape index (κ1) is 15.8. The Morgan fingerprint density at radius 2 is 2.18 bits per heavy atom. The molecule has 0 saturated heterocycles. The van der Waals surface area contributed by atoms with Gasteiger partial charge in [0, 0.05) is 18.7 Å². The van der Waals surface area contributed by atoms with E-state index >= 15 is 0 Å². The number of amides is 1. The third-order valence-corrected chi connectivity index (χ3v) is 3.01. The number of allylic oxidation sites excluding steroid dienone is 1. The molecule has 2 aromatic rings. The number of rotatable bonds is 5. The van der Waals surface area contributed by atoms with E-state index in [1.54, 1.807) is 24.5 Å². The number of carbonyl (C=O) groups excluding carboxylic acids is 1. The van der Waals surface area contributed by atoms with E-state index < -0.39 is 0 Å². The van der Waals surface area contributed by atoms with Crippen LogP contribution in [0.3, 0.4) is 0 Å². The molecule has 0 spiro atoms.